The van der Waals surface area contributed by atoms with Gasteiger partial charge in [-0.1, -0.05) is 67.0 Å². The van der Waals surface area contributed by atoms with Crippen molar-refractivity contribution < 1.29 is 79.2 Å². The summed E-state index contributed by atoms with van der Waals surface area (Å²) in [4.78, 5) is 12.4. The largest absolute Gasteiger partial charge is 0.479 e. The first kappa shape index (κ1) is 48.1. The fraction of sp³-hybridized carbons (Fsp3) is 0.936. The van der Waals surface area contributed by atoms with Gasteiger partial charge in [0.05, 0.1) is 24.9 Å². The second-order valence-electron chi connectivity index (χ2n) is 23.3. The Bertz CT molecular complexity index is 1740. The number of hydrogen-bond acceptors (Lipinski definition) is 15. The molecule has 360 valence electrons. The topological polar surface area (TPSA) is 255 Å². The third kappa shape index (κ3) is 7.51. The molecule has 8 rings (SSSR count). The number of hydrogen-bond donors (Lipinski definition) is 9. The van der Waals surface area contributed by atoms with Gasteiger partial charge in [0.15, 0.2) is 25.0 Å². The highest BCUT2D eigenvalue weighted by molar-refractivity contribution is 5.73. The SMILES string of the molecule is C[C@H]1O[C@@H](O[C@H]2[C@@H](O[C@@H]3[C@@H](O[C@H]4CC[C@@]5(C)[C@H](CC[C@]6(C)[C@@H]5CC=C5[C@@H]7CC(C)(C)C[C@H](O)[C@]7(C)CC[C@]56C)C4(C)C)O[C@@H](C(=O)O)[C@H](O)[C@H]3O)OC[C@H](O)[C@@H]2O)[C@H](O)[C@@H](O)[C@H]1O. The Morgan fingerprint density at radius 2 is 1.33 bits per heavy atom. The zero-order valence-corrected chi connectivity index (χ0v) is 38.5. The predicted molar refractivity (Wildman–Crippen MR) is 223 cm³/mol. The molecule has 0 spiro atoms. The lowest BCUT2D eigenvalue weighted by molar-refractivity contribution is -0.386. The van der Waals surface area contributed by atoms with Crippen LogP contribution in [0, 0.1) is 50.2 Å². The van der Waals surface area contributed by atoms with E-state index in [0.717, 1.165) is 51.4 Å². The number of aliphatic hydroxyl groups excluding tert-OH is 8. The Morgan fingerprint density at radius 3 is 2.02 bits per heavy atom. The Morgan fingerprint density at radius 1 is 0.667 bits per heavy atom. The first-order valence-corrected chi connectivity index (χ1v) is 23.5. The second-order valence-corrected chi connectivity index (χ2v) is 23.3. The van der Waals surface area contributed by atoms with Gasteiger partial charge in [0, 0.05) is 5.41 Å². The average molecular weight is 897 g/mol. The first-order valence-electron chi connectivity index (χ1n) is 23.5. The molecule has 16 nitrogen and oxygen atoms in total. The fourth-order valence-electron chi connectivity index (χ4n) is 14.8. The molecule has 0 bridgehead atoms. The number of carboxylic acid groups (broad SMARTS) is 1. The van der Waals surface area contributed by atoms with Crippen molar-refractivity contribution in [2.45, 2.75) is 218 Å². The average Bonchev–Trinajstić information content (AvgIpc) is 3.20. The van der Waals surface area contributed by atoms with Crippen LogP contribution in [0.1, 0.15) is 120 Å². The minimum Gasteiger partial charge on any atom is -0.479 e. The monoisotopic (exact) mass is 897 g/mol. The predicted octanol–water partition coefficient (Wildman–Crippen LogP) is 2.37. The minimum absolute atomic E-state index is 0.0189. The summed E-state index contributed by atoms with van der Waals surface area (Å²) < 4.78 is 36.2. The summed E-state index contributed by atoms with van der Waals surface area (Å²) in [6.07, 6.45) is -12.8. The first-order chi connectivity index (χ1) is 29.2. The number of rotatable bonds is 7. The quantitative estimate of drug-likeness (QED) is 0.131. The third-order valence-corrected chi connectivity index (χ3v) is 19.0. The zero-order valence-electron chi connectivity index (χ0n) is 38.5. The van der Waals surface area contributed by atoms with E-state index in [1.165, 1.54) is 6.92 Å². The van der Waals surface area contributed by atoms with E-state index in [1.54, 1.807) is 5.57 Å². The van der Waals surface area contributed by atoms with Gasteiger partial charge in [-0.25, -0.2) is 4.79 Å². The van der Waals surface area contributed by atoms with E-state index in [2.05, 4.69) is 61.5 Å². The summed E-state index contributed by atoms with van der Waals surface area (Å²) in [5, 5.41) is 97.3. The van der Waals surface area contributed by atoms with E-state index in [-0.39, 0.29) is 39.1 Å². The summed E-state index contributed by atoms with van der Waals surface area (Å²) in [7, 11) is 0. The van der Waals surface area contributed by atoms with Gasteiger partial charge < -0.3 is 74.4 Å². The van der Waals surface area contributed by atoms with Crippen molar-refractivity contribution >= 4 is 5.97 Å². The van der Waals surface area contributed by atoms with Crippen molar-refractivity contribution in [3.05, 3.63) is 11.6 Å². The van der Waals surface area contributed by atoms with Gasteiger partial charge >= 0.3 is 5.97 Å². The van der Waals surface area contributed by atoms with Gasteiger partial charge in [-0.2, -0.15) is 0 Å². The van der Waals surface area contributed by atoms with Crippen LogP contribution in [-0.4, -0.2) is 157 Å². The number of fused-ring (bicyclic) bond motifs is 7. The fourth-order valence-corrected chi connectivity index (χ4v) is 14.8. The van der Waals surface area contributed by atoms with E-state index in [9.17, 15) is 50.8 Å². The standard InChI is InChI=1S/C47H76O16/c1-21-29(50)31(52)34(55)39(59-21)62-36-30(51)24(48)20-58-40(36)63-37-33(54)32(53)35(38(56)57)61-41(37)60-28-13-14-45(7)25(43(28,4)5)12-15-47(9)26(45)11-10-22-23-18-42(2,3)19-27(49)44(23,6)16-17-46(22,47)8/h10,21,23-37,39-41,48-55H,11-20H2,1-9H3,(H,56,57)/t21-,23+,24+,25-,26-,27+,28+,29+,30+,31+,32-,33-,34-,35-,36-,37+,39+,40-,41+,44-,45+,46-,47-/m1/s1. The van der Waals surface area contributed by atoms with Crippen molar-refractivity contribution in [2.75, 3.05) is 6.61 Å². The molecule has 9 N–H and O–H groups in total. The van der Waals surface area contributed by atoms with Gasteiger partial charge in [0.2, 0.25) is 0 Å². The molecule has 0 radical (unpaired) electrons. The normalized spacial score (nSPS) is 55.3. The molecular weight excluding hydrogens is 821 g/mol. The van der Waals surface area contributed by atoms with E-state index >= 15 is 0 Å². The van der Waals surface area contributed by atoms with Crippen molar-refractivity contribution in [1.82, 2.24) is 0 Å². The van der Waals surface area contributed by atoms with Crippen LogP contribution in [0.15, 0.2) is 11.6 Å². The maximum absolute atomic E-state index is 12.4. The number of carbonyl (C=O) groups is 1. The lowest BCUT2D eigenvalue weighted by Gasteiger charge is -2.71. The number of aliphatic carboxylic acids is 1. The Hall–Kier alpha value is -1.35. The smallest absolute Gasteiger partial charge is 0.335 e. The maximum Gasteiger partial charge on any atom is 0.335 e. The van der Waals surface area contributed by atoms with E-state index in [0.29, 0.717) is 18.3 Å². The van der Waals surface area contributed by atoms with Gasteiger partial charge in [-0.15, -0.1) is 0 Å². The zero-order chi connectivity index (χ0) is 46.1. The van der Waals surface area contributed by atoms with E-state index in [4.69, 9.17) is 28.4 Å². The lowest BCUT2D eigenvalue weighted by Crippen LogP contribution is -2.67. The van der Waals surface area contributed by atoms with Gasteiger partial charge in [-0.05, 0) is 110 Å². The van der Waals surface area contributed by atoms with Crippen LogP contribution in [0.3, 0.4) is 0 Å². The Labute approximate surface area is 371 Å². The van der Waals surface area contributed by atoms with Crippen LogP contribution in [-0.2, 0) is 33.2 Å². The molecule has 16 heteroatoms. The molecule has 3 saturated heterocycles. The Balaban J connectivity index is 1.04. The van der Waals surface area contributed by atoms with Crippen LogP contribution < -0.4 is 0 Å². The lowest BCUT2D eigenvalue weighted by atomic mass is 9.33. The molecule has 3 heterocycles. The molecule has 0 aromatic rings. The second kappa shape index (κ2) is 16.4. The van der Waals surface area contributed by atoms with Gasteiger partial charge in [-0.3, -0.25) is 0 Å². The molecule has 0 amide bonds. The van der Waals surface area contributed by atoms with E-state index in [1.807, 2.05) is 0 Å². The number of aliphatic hydroxyl groups is 8. The summed E-state index contributed by atoms with van der Waals surface area (Å²) >= 11 is 0. The molecule has 63 heavy (non-hydrogen) atoms. The summed E-state index contributed by atoms with van der Waals surface area (Å²) in [5.41, 5.74) is 0.910. The van der Waals surface area contributed by atoms with Gasteiger partial charge in [0.1, 0.15) is 54.9 Å². The van der Waals surface area contributed by atoms with Gasteiger partial charge in [0.25, 0.3) is 0 Å². The van der Waals surface area contributed by atoms with Crippen LogP contribution >= 0.6 is 0 Å². The van der Waals surface area contributed by atoms with Crippen molar-refractivity contribution in [3.8, 4) is 0 Å². The van der Waals surface area contributed by atoms with Crippen LogP contribution in [0.2, 0.25) is 0 Å². The highest BCUT2D eigenvalue weighted by Crippen LogP contribution is 2.76. The van der Waals surface area contributed by atoms with Crippen molar-refractivity contribution in [1.29, 1.82) is 0 Å². The molecule has 0 aromatic heterocycles. The minimum atomic E-state index is -1.96. The van der Waals surface area contributed by atoms with E-state index < -0.39 is 110 Å². The molecule has 5 aliphatic carbocycles. The molecule has 0 aromatic carbocycles. The molecule has 4 saturated carbocycles. The molecule has 8 aliphatic rings. The Kier molecular flexibility index (Phi) is 12.5. The van der Waals surface area contributed by atoms with Crippen molar-refractivity contribution in [3.63, 3.8) is 0 Å². The number of ether oxygens (including phenoxy) is 6. The maximum atomic E-state index is 12.4. The molecule has 7 fully saturated rings. The van der Waals surface area contributed by atoms with Crippen LogP contribution in [0.25, 0.3) is 0 Å². The molecular formula is C47H76O16. The summed E-state index contributed by atoms with van der Waals surface area (Å²) in [5.74, 6) is -0.622. The molecule has 0 unspecified atom stereocenters. The summed E-state index contributed by atoms with van der Waals surface area (Å²) in [6, 6.07) is 0. The number of allylic oxidation sites excluding steroid dienone is 2. The van der Waals surface area contributed by atoms with Crippen molar-refractivity contribution in [2.24, 2.45) is 50.2 Å². The van der Waals surface area contributed by atoms with Crippen LogP contribution in [0.4, 0.5) is 0 Å². The number of carboxylic acids is 1. The highest BCUT2D eigenvalue weighted by Gasteiger charge is 2.69. The third-order valence-electron chi connectivity index (χ3n) is 19.0. The highest BCUT2D eigenvalue weighted by atomic mass is 16.8. The van der Waals surface area contributed by atoms with Crippen LogP contribution in [0.5, 0.6) is 0 Å². The summed E-state index contributed by atoms with van der Waals surface area (Å²) in [6.45, 7) is 19.7. The molecule has 23 atom stereocenters. The molecule has 3 aliphatic heterocycles.